The van der Waals surface area contributed by atoms with Gasteiger partial charge in [-0.15, -0.1) is 11.3 Å². The Morgan fingerprint density at radius 1 is 1.21 bits per heavy atom. The number of anilines is 2. The summed E-state index contributed by atoms with van der Waals surface area (Å²) in [7, 11) is 1.29. The van der Waals surface area contributed by atoms with Gasteiger partial charge in [-0.1, -0.05) is 12.1 Å². The first-order valence-electron chi connectivity index (χ1n) is 9.32. The molecule has 2 aromatic rings. The number of thiophene rings is 1. The molecule has 0 spiro atoms. The fourth-order valence-electron chi connectivity index (χ4n) is 2.92. The number of methoxy groups -OCH3 is 1. The Balaban J connectivity index is 2.27. The number of nitrogens with zero attached hydrogens (tertiary/aromatic N) is 2. The SMILES string of the molecule is CCN(CC)c1ccc(/C=C(\C#N)C(=O)Nc2sc(C)c(C)c2C(=O)OC)cc1. The Labute approximate surface area is 175 Å². The maximum Gasteiger partial charge on any atom is 0.341 e. The van der Waals surface area contributed by atoms with Crippen molar-refractivity contribution in [3.05, 3.63) is 51.4 Å². The summed E-state index contributed by atoms with van der Waals surface area (Å²) in [6.45, 7) is 9.64. The van der Waals surface area contributed by atoms with Gasteiger partial charge < -0.3 is 15.0 Å². The van der Waals surface area contributed by atoms with E-state index in [-0.39, 0.29) is 5.57 Å². The fourth-order valence-corrected chi connectivity index (χ4v) is 3.96. The third kappa shape index (κ3) is 5.04. The molecule has 1 aromatic carbocycles. The van der Waals surface area contributed by atoms with Crippen molar-refractivity contribution in [2.45, 2.75) is 27.7 Å². The van der Waals surface area contributed by atoms with Crippen LogP contribution in [0.3, 0.4) is 0 Å². The van der Waals surface area contributed by atoms with Crippen molar-refractivity contribution in [1.29, 1.82) is 5.26 Å². The van der Waals surface area contributed by atoms with Crippen LogP contribution >= 0.6 is 11.3 Å². The van der Waals surface area contributed by atoms with Gasteiger partial charge in [0.1, 0.15) is 16.6 Å². The average molecular weight is 412 g/mol. The molecule has 152 valence electrons. The molecule has 1 N–H and O–H groups in total. The van der Waals surface area contributed by atoms with Crippen LogP contribution in [0.15, 0.2) is 29.8 Å². The van der Waals surface area contributed by atoms with E-state index in [9.17, 15) is 14.9 Å². The molecular formula is C22H25N3O3S. The van der Waals surface area contributed by atoms with Crippen molar-refractivity contribution >= 4 is 40.0 Å². The summed E-state index contributed by atoms with van der Waals surface area (Å²) in [6, 6.07) is 9.62. The smallest absolute Gasteiger partial charge is 0.341 e. The zero-order chi connectivity index (χ0) is 21.6. The van der Waals surface area contributed by atoms with Crippen LogP contribution in [-0.2, 0) is 9.53 Å². The second kappa shape index (κ2) is 9.89. The van der Waals surface area contributed by atoms with E-state index in [0.29, 0.717) is 10.6 Å². The van der Waals surface area contributed by atoms with Crippen LogP contribution in [-0.4, -0.2) is 32.1 Å². The Bertz CT molecular complexity index is 964. The lowest BCUT2D eigenvalue weighted by molar-refractivity contribution is -0.112. The van der Waals surface area contributed by atoms with Crippen molar-refractivity contribution in [2.75, 3.05) is 30.4 Å². The number of carbonyl (C=O) groups is 2. The van der Waals surface area contributed by atoms with Crippen LogP contribution < -0.4 is 10.2 Å². The first-order valence-corrected chi connectivity index (χ1v) is 10.1. The molecule has 0 aliphatic rings. The number of carbonyl (C=O) groups excluding carboxylic acids is 2. The first-order chi connectivity index (χ1) is 13.9. The van der Waals surface area contributed by atoms with E-state index in [1.807, 2.05) is 37.3 Å². The summed E-state index contributed by atoms with van der Waals surface area (Å²) < 4.78 is 4.82. The molecule has 7 heteroatoms. The highest BCUT2D eigenvalue weighted by atomic mass is 32.1. The van der Waals surface area contributed by atoms with E-state index < -0.39 is 11.9 Å². The highest BCUT2D eigenvalue weighted by Gasteiger charge is 2.22. The van der Waals surface area contributed by atoms with Crippen molar-refractivity contribution in [1.82, 2.24) is 0 Å². The van der Waals surface area contributed by atoms with Gasteiger partial charge in [-0.2, -0.15) is 5.26 Å². The Hall–Kier alpha value is -3.11. The minimum Gasteiger partial charge on any atom is -0.465 e. The quantitative estimate of drug-likeness (QED) is 0.411. The molecular weight excluding hydrogens is 386 g/mol. The Kier molecular flexibility index (Phi) is 7.57. The standard InChI is InChI=1S/C22H25N3O3S/c1-6-25(7-2)18-10-8-16(9-11-18)12-17(13-23)20(26)24-21-19(22(27)28-5)14(3)15(4)29-21/h8-12H,6-7H2,1-5H3,(H,24,26)/b17-12+. The van der Waals surface area contributed by atoms with Crippen molar-refractivity contribution < 1.29 is 14.3 Å². The summed E-state index contributed by atoms with van der Waals surface area (Å²) >= 11 is 1.28. The van der Waals surface area contributed by atoms with Gasteiger partial charge in [0.05, 0.1) is 12.7 Å². The van der Waals surface area contributed by atoms with Gasteiger partial charge >= 0.3 is 5.97 Å². The minimum absolute atomic E-state index is 0.0416. The molecule has 2 rings (SSSR count). The summed E-state index contributed by atoms with van der Waals surface area (Å²) in [5.74, 6) is -1.08. The second-order valence-corrected chi connectivity index (χ2v) is 7.59. The lowest BCUT2D eigenvalue weighted by Crippen LogP contribution is -2.21. The van der Waals surface area contributed by atoms with E-state index in [2.05, 4.69) is 24.1 Å². The Morgan fingerprint density at radius 2 is 1.83 bits per heavy atom. The number of hydrogen-bond donors (Lipinski definition) is 1. The zero-order valence-electron chi connectivity index (χ0n) is 17.3. The molecule has 0 atom stereocenters. The maximum atomic E-state index is 12.6. The highest BCUT2D eigenvalue weighted by Crippen LogP contribution is 2.33. The molecule has 0 radical (unpaired) electrons. The topological polar surface area (TPSA) is 82.4 Å². The average Bonchev–Trinajstić information content (AvgIpc) is 3.00. The predicted molar refractivity (Wildman–Crippen MR) is 117 cm³/mol. The molecule has 0 bridgehead atoms. The van der Waals surface area contributed by atoms with Crippen LogP contribution in [0.1, 0.15) is 40.2 Å². The number of aryl methyl sites for hydroxylation is 1. The normalized spacial score (nSPS) is 11.0. The van der Waals surface area contributed by atoms with Gasteiger partial charge in [-0.05, 0) is 57.0 Å². The molecule has 6 nitrogen and oxygen atoms in total. The number of benzene rings is 1. The van der Waals surface area contributed by atoms with Gasteiger partial charge in [-0.3, -0.25) is 4.79 Å². The van der Waals surface area contributed by atoms with E-state index in [0.717, 1.165) is 34.8 Å². The summed E-state index contributed by atoms with van der Waals surface area (Å²) in [5.41, 5.74) is 2.87. The number of nitriles is 1. The molecule has 1 heterocycles. The molecule has 0 saturated heterocycles. The van der Waals surface area contributed by atoms with Crippen molar-refractivity contribution in [2.24, 2.45) is 0 Å². The molecule has 0 unspecified atom stereocenters. The largest absolute Gasteiger partial charge is 0.465 e. The summed E-state index contributed by atoms with van der Waals surface area (Å²) in [6.07, 6.45) is 1.53. The van der Waals surface area contributed by atoms with Gasteiger partial charge in [-0.25, -0.2) is 4.79 Å². The van der Waals surface area contributed by atoms with Crippen molar-refractivity contribution in [3.8, 4) is 6.07 Å². The van der Waals surface area contributed by atoms with Gasteiger partial charge in [0.25, 0.3) is 5.91 Å². The molecule has 0 saturated carbocycles. The lowest BCUT2D eigenvalue weighted by atomic mass is 10.1. The lowest BCUT2D eigenvalue weighted by Gasteiger charge is -2.20. The first kappa shape index (κ1) is 22.2. The van der Waals surface area contributed by atoms with Crippen LogP contribution in [0.2, 0.25) is 0 Å². The molecule has 0 fully saturated rings. The number of nitrogens with one attached hydrogen (secondary N) is 1. The number of amides is 1. The minimum atomic E-state index is -0.563. The van der Waals surface area contributed by atoms with Gasteiger partial charge in [0.15, 0.2) is 0 Å². The van der Waals surface area contributed by atoms with Crippen LogP contribution in [0.4, 0.5) is 10.7 Å². The molecule has 0 aliphatic heterocycles. The number of esters is 1. The number of hydrogen-bond acceptors (Lipinski definition) is 6. The van der Waals surface area contributed by atoms with Crippen molar-refractivity contribution in [3.63, 3.8) is 0 Å². The predicted octanol–water partition coefficient (Wildman–Crippen LogP) is 4.54. The number of rotatable bonds is 7. The monoisotopic (exact) mass is 411 g/mol. The molecule has 1 aromatic heterocycles. The van der Waals surface area contributed by atoms with E-state index in [1.165, 1.54) is 24.5 Å². The molecule has 1 amide bonds. The zero-order valence-corrected chi connectivity index (χ0v) is 18.1. The Morgan fingerprint density at radius 3 is 2.34 bits per heavy atom. The van der Waals surface area contributed by atoms with Gasteiger partial charge in [0.2, 0.25) is 0 Å². The van der Waals surface area contributed by atoms with Crippen LogP contribution in [0.25, 0.3) is 6.08 Å². The molecule has 29 heavy (non-hydrogen) atoms. The fraction of sp³-hybridized carbons (Fsp3) is 0.318. The second-order valence-electron chi connectivity index (χ2n) is 6.37. The van der Waals surface area contributed by atoms with E-state index in [1.54, 1.807) is 6.92 Å². The maximum absolute atomic E-state index is 12.6. The van der Waals surface area contributed by atoms with Crippen LogP contribution in [0.5, 0.6) is 0 Å². The molecule has 0 aliphatic carbocycles. The van der Waals surface area contributed by atoms with Gasteiger partial charge in [0, 0.05) is 23.7 Å². The summed E-state index contributed by atoms with van der Waals surface area (Å²) in [4.78, 5) is 27.8. The highest BCUT2D eigenvalue weighted by molar-refractivity contribution is 7.16. The number of ether oxygens (including phenoxy) is 1. The summed E-state index contributed by atoms with van der Waals surface area (Å²) in [5, 5.41) is 12.5. The third-order valence-corrected chi connectivity index (χ3v) is 5.82. The van der Waals surface area contributed by atoms with E-state index >= 15 is 0 Å². The third-order valence-electron chi connectivity index (χ3n) is 4.70. The van der Waals surface area contributed by atoms with Crippen LogP contribution in [0, 0.1) is 25.2 Å². The van der Waals surface area contributed by atoms with E-state index in [4.69, 9.17) is 4.74 Å².